The van der Waals surface area contributed by atoms with Gasteiger partial charge in [0.05, 0.1) is 28.3 Å². The highest BCUT2D eigenvalue weighted by Crippen LogP contribution is 2.35. The minimum Gasteiger partial charge on any atom is -0.465 e. The number of amides is 3. The molecule has 0 spiro atoms. The van der Waals surface area contributed by atoms with Gasteiger partial charge in [-0.2, -0.15) is 0 Å². The largest absolute Gasteiger partial charge is 0.465 e. The lowest BCUT2D eigenvalue weighted by Gasteiger charge is -2.10. The Labute approximate surface area is 217 Å². The molecule has 186 valence electrons. The van der Waals surface area contributed by atoms with Gasteiger partial charge in [-0.25, -0.2) is 4.79 Å². The zero-order valence-corrected chi connectivity index (χ0v) is 21.4. The molecule has 0 unspecified atom stereocenters. The third-order valence-corrected chi connectivity index (χ3v) is 7.25. The van der Waals surface area contributed by atoms with E-state index < -0.39 is 17.8 Å². The van der Waals surface area contributed by atoms with Gasteiger partial charge in [-0.15, -0.1) is 11.3 Å². The molecule has 4 rings (SSSR count). The van der Waals surface area contributed by atoms with Crippen LogP contribution >= 0.6 is 22.9 Å². The van der Waals surface area contributed by atoms with Crippen molar-refractivity contribution < 1.29 is 23.9 Å². The first-order chi connectivity index (χ1) is 17.2. The van der Waals surface area contributed by atoms with Crippen LogP contribution in [0, 0.1) is 19.8 Å². The van der Waals surface area contributed by atoms with Crippen molar-refractivity contribution in [3.05, 3.63) is 74.6 Å². The minimum absolute atomic E-state index is 0.0280. The summed E-state index contributed by atoms with van der Waals surface area (Å²) in [4.78, 5) is 51.0. The van der Waals surface area contributed by atoms with Crippen LogP contribution in [0.4, 0.5) is 16.4 Å². The number of carbonyl (C=O) groups is 4. The lowest BCUT2D eigenvalue weighted by Crippen LogP contribution is -2.16. The zero-order valence-electron chi connectivity index (χ0n) is 19.9. The highest BCUT2D eigenvalue weighted by atomic mass is 35.5. The highest BCUT2D eigenvalue weighted by Gasteiger charge is 2.30. The maximum atomic E-state index is 13.1. The number of aryl methyl sites for hydroxylation is 1. The fourth-order valence-electron chi connectivity index (χ4n) is 3.51. The predicted octanol–water partition coefficient (Wildman–Crippen LogP) is 5.66. The molecule has 3 N–H and O–H groups in total. The molecule has 0 radical (unpaired) electrons. The van der Waals surface area contributed by atoms with Crippen LogP contribution in [0.2, 0.25) is 5.02 Å². The third kappa shape index (κ3) is 5.58. The summed E-state index contributed by atoms with van der Waals surface area (Å²) in [5.74, 6) is -1.80. The Hall–Kier alpha value is -3.69. The molecule has 1 heterocycles. The molecule has 1 aliphatic rings. The summed E-state index contributed by atoms with van der Waals surface area (Å²) in [6.07, 6.45) is 1.66. The molecule has 1 aliphatic carbocycles. The molecule has 2 aromatic carbocycles. The van der Waals surface area contributed by atoms with Crippen LogP contribution in [0.3, 0.4) is 0 Å². The molecular formula is C26H24ClN3O5S. The van der Waals surface area contributed by atoms with Gasteiger partial charge < -0.3 is 20.7 Å². The second-order valence-electron chi connectivity index (χ2n) is 8.48. The van der Waals surface area contributed by atoms with E-state index >= 15 is 0 Å². The topological polar surface area (TPSA) is 114 Å². The van der Waals surface area contributed by atoms with E-state index in [9.17, 15) is 19.2 Å². The monoisotopic (exact) mass is 525 g/mol. The molecule has 0 aliphatic heterocycles. The Bertz CT molecular complexity index is 1360. The maximum Gasteiger partial charge on any atom is 0.341 e. The number of carbonyl (C=O) groups excluding carboxylic acids is 4. The minimum atomic E-state index is -0.679. The molecule has 1 fully saturated rings. The number of hydrogen-bond donors (Lipinski definition) is 3. The van der Waals surface area contributed by atoms with Gasteiger partial charge in [0.2, 0.25) is 5.91 Å². The molecule has 0 atom stereocenters. The van der Waals surface area contributed by atoms with Gasteiger partial charge in [0.1, 0.15) is 5.00 Å². The van der Waals surface area contributed by atoms with Crippen molar-refractivity contribution in [1.29, 1.82) is 0 Å². The third-order valence-electron chi connectivity index (χ3n) is 5.71. The van der Waals surface area contributed by atoms with E-state index in [2.05, 4.69) is 16.0 Å². The molecule has 3 aromatic rings. The molecule has 36 heavy (non-hydrogen) atoms. The van der Waals surface area contributed by atoms with Gasteiger partial charge >= 0.3 is 5.97 Å². The Kier molecular flexibility index (Phi) is 7.42. The van der Waals surface area contributed by atoms with Crippen LogP contribution in [0.15, 0.2) is 42.5 Å². The number of rotatable bonds is 7. The molecule has 0 bridgehead atoms. The predicted molar refractivity (Wildman–Crippen MR) is 140 cm³/mol. The van der Waals surface area contributed by atoms with Crippen molar-refractivity contribution in [2.45, 2.75) is 26.7 Å². The van der Waals surface area contributed by atoms with Gasteiger partial charge in [-0.1, -0.05) is 29.3 Å². The first kappa shape index (κ1) is 25.4. The van der Waals surface area contributed by atoms with E-state index in [0.29, 0.717) is 22.0 Å². The second kappa shape index (κ2) is 10.5. The SMILES string of the molecule is COC(=O)c1c(NC(=O)c2ccc(Cl)c(NC(=O)C3CC3)c2)sc(C(=O)Nc2ccc(C)cc2)c1C. The van der Waals surface area contributed by atoms with Crippen LogP contribution in [-0.4, -0.2) is 30.8 Å². The Morgan fingerprint density at radius 3 is 2.28 bits per heavy atom. The van der Waals surface area contributed by atoms with Gasteiger partial charge in [0.25, 0.3) is 11.8 Å². The standard InChI is InChI=1S/C26H24ClN3O5S/c1-13-4-9-17(10-5-13)28-24(33)21-14(2)20(26(34)35-3)25(36-21)30-23(32)16-8-11-18(27)19(12-16)29-22(31)15-6-7-15/h4-5,8-12,15H,6-7H2,1-3H3,(H,28,33)(H,29,31)(H,30,32). The number of methoxy groups -OCH3 is 1. The number of halogens is 1. The van der Waals surface area contributed by atoms with E-state index in [0.717, 1.165) is 29.7 Å². The number of ether oxygens (including phenoxy) is 1. The molecule has 3 amide bonds. The number of thiophene rings is 1. The fraction of sp³-hybridized carbons (Fsp3) is 0.231. The molecular weight excluding hydrogens is 502 g/mol. The normalized spacial score (nSPS) is 12.6. The number of esters is 1. The zero-order chi connectivity index (χ0) is 26.0. The Balaban J connectivity index is 1.59. The van der Waals surface area contributed by atoms with Gasteiger partial charge in [0.15, 0.2) is 0 Å². The summed E-state index contributed by atoms with van der Waals surface area (Å²) in [6.45, 7) is 3.56. The van der Waals surface area contributed by atoms with Crippen LogP contribution in [-0.2, 0) is 9.53 Å². The summed E-state index contributed by atoms with van der Waals surface area (Å²) in [6, 6.07) is 11.8. The first-order valence-corrected chi connectivity index (χ1v) is 12.4. The molecule has 1 saturated carbocycles. The van der Waals surface area contributed by atoms with Crippen molar-refractivity contribution in [3.63, 3.8) is 0 Å². The summed E-state index contributed by atoms with van der Waals surface area (Å²) in [5.41, 5.74) is 2.69. The molecule has 0 saturated heterocycles. The average molecular weight is 526 g/mol. The molecule has 8 nitrogen and oxygen atoms in total. The van der Waals surface area contributed by atoms with E-state index in [4.69, 9.17) is 16.3 Å². The average Bonchev–Trinajstić information content (AvgIpc) is 3.65. The summed E-state index contributed by atoms with van der Waals surface area (Å²) in [5, 5.41) is 8.74. The molecule has 10 heteroatoms. The number of hydrogen-bond acceptors (Lipinski definition) is 6. The van der Waals surface area contributed by atoms with Gasteiger partial charge in [-0.05, 0) is 62.6 Å². The van der Waals surface area contributed by atoms with Crippen LogP contribution < -0.4 is 16.0 Å². The van der Waals surface area contributed by atoms with E-state index in [1.165, 1.54) is 25.3 Å². The first-order valence-electron chi connectivity index (χ1n) is 11.2. The lowest BCUT2D eigenvalue weighted by molar-refractivity contribution is -0.117. The quantitative estimate of drug-likeness (QED) is 0.344. The summed E-state index contributed by atoms with van der Waals surface area (Å²) < 4.78 is 4.90. The van der Waals surface area contributed by atoms with E-state index in [1.54, 1.807) is 19.1 Å². The number of nitrogens with one attached hydrogen (secondary N) is 3. The molecule has 1 aromatic heterocycles. The fourth-order valence-corrected chi connectivity index (χ4v) is 4.76. The highest BCUT2D eigenvalue weighted by molar-refractivity contribution is 7.19. The maximum absolute atomic E-state index is 13.1. The lowest BCUT2D eigenvalue weighted by atomic mass is 10.1. The van der Waals surface area contributed by atoms with Crippen LogP contribution in [0.1, 0.15) is 54.4 Å². The smallest absolute Gasteiger partial charge is 0.341 e. The van der Waals surface area contributed by atoms with Crippen LogP contribution in [0.25, 0.3) is 0 Å². The van der Waals surface area contributed by atoms with Gasteiger partial charge in [-0.3, -0.25) is 14.4 Å². The van der Waals surface area contributed by atoms with Crippen molar-refractivity contribution in [2.24, 2.45) is 5.92 Å². The van der Waals surface area contributed by atoms with Crippen molar-refractivity contribution in [2.75, 3.05) is 23.1 Å². The van der Waals surface area contributed by atoms with Crippen molar-refractivity contribution >= 4 is 63.0 Å². The summed E-state index contributed by atoms with van der Waals surface area (Å²) in [7, 11) is 1.23. The van der Waals surface area contributed by atoms with Crippen LogP contribution in [0.5, 0.6) is 0 Å². The second-order valence-corrected chi connectivity index (χ2v) is 9.91. The Morgan fingerprint density at radius 2 is 1.64 bits per heavy atom. The van der Waals surface area contributed by atoms with E-state index in [1.807, 2.05) is 19.1 Å². The number of anilines is 3. The Morgan fingerprint density at radius 1 is 0.944 bits per heavy atom. The van der Waals surface area contributed by atoms with Crippen molar-refractivity contribution in [3.8, 4) is 0 Å². The van der Waals surface area contributed by atoms with Crippen molar-refractivity contribution in [1.82, 2.24) is 0 Å². The van der Waals surface area contributed by atoms with E-state index in [-0.39, 0.29) is 32.8 Å². The number of benzene rings is 2. The van der Waals surface area contributed by atoms with Gasteiger partial charge in [0, 0.05) is 17.2 Å². The summed E-state index contributed by atoms with van der Waals surface area (Å²) >= 11 is 7.17.